The van der Waals surface area contributed by atoms with Crippen LogP contribution < -0.4 is 5.32 Å². The Hall–Kier alpha value is -3.45. The summed E-state index contributed by atoms with van der Waals surface area (Å²) in [5.41, 5.74) is 2.48. The minimum Gasteiger partial charge on any atom is -0.396 e. The van der Waals surface area contributed by atoms with Crippen molar-refractivity contribution in [1.82, 2.24) is 19.8 Å². The van der Waals surface area contributed by atoms with Crippen molar-refractivity contribution in [3.63, 3.8) is 0 Å². The van der Waals surface area contributed by atoms with Gasteiger partial charge in [0.25, 0.3) is 0 Å². The number of hydrogen-bond donors (Lipinski definition) is 2. The van der Waals surface area contributed by atoms with Crippen LogP contribution in [0.2, 0.25) is 0 Å². The quantitative estimate of drug-likeness (QED) is 0.553. The maximum Gasteiger partial charge on any atom is 0.312 e. The molecular weight excluding hydrogens is 428 g/mol. The zero-order valence-electron chi connectivity index (χ0n) is 19.9. The van der Waals surface area contributed by atoms with Gasteiger partial charge in [0, 0.05) is 43.9 Å². The summed E-state index contributed by atoms with van der Waals surface area (Å²) in [4.78, 5) is 32.4. The molecule has 0 spiro atoms. The molecule has 0 saturated carbocycles. The minimum absolute atomic E-state index is 0.116. The average Bonchev–Trinajstić information content (AvgIpc) is 3.17. The summed E-state index contributed by atoms with van der Waals surface area (Å²) in [6, 6.07) is 19.6. The highest BCUT2D eigenvalue weighted by Crippen LogP contribution is 2.39. The number of amides is 2. The summed E-state index contributed by atoms with van der Waals surface area (Å²) >= 11 is 0. The molecule has 34 heavy (non-hydrogen) atoms. The Kier molecular flexibility index (Phi) is 6.84. The number of aliphatic hydroxyl groups is 1. The van der Waals surface area contributed by atoms with Gasteiger partial charge >= 0.3 is 11.8 Å². The molecule has 178 valence electrons. The van der Waals surface area contributed by atoms with Crippen molar-refractivity contribution in [1.29, 1.82) is 0 Å². The molecular formula is C27H32N4O3. The lowest BCUT2D eigenvalue weighted by atomic mass is 9.84. The fourth-order valence-electron chi connectivity index (χ4n) is 4.51. The molecule has 1 aliphatic rings. The Morgan fingerprint density at radius 3 is 2.32 bits per heavy atom. The molecule has 2 N–H and O–H groups in total. The van der Waals surface area contributed by atoms with Crippen molar-refractivity contribution in [2.24, 2.45) is 11.3 Å². The summed E-state index contributed by atoms with van der Waals surface area (Å²) < 4.78 is 2.08. The Labute approximate surface area is 200 Å². The van der Waals surface area contributed by atoms with E-state index in [1.165, 1.54) is 0 Å². The van der Waals surface area contributed by atoms with E-state index in [-0.39, 0.29) is 25.6 Å². The predicted molar refractivity (Wildman–Crippen MR) is 131 cm³/mol. The van der Waals surface area contributed by atoms with Crippen LogP contribution in [-0.2, 0) is 16.1 Å². The van der Waals surface area contributed by atoms with E-state index >= 15 is 0 Å². The van der Waals surface area contributed by atoms with E-state index in [2.05, 4.69) is 22.0 Å². The molecule has 1 aliphatic heterocycles. The number of nitrogens with zero attached hydrogens (tertiary/aromatic N) is 3. The summed E-state index contributed by atoms with van der Waals surface area (Å²) in [6.45, 7) is 7.15. The van der Waals surface area contributed by atoms with Gasteiger partial charge in [0.1, 0.15) is 5.82 Å². The third-order valence-corrected chi connectivity index (χ3v) is 6.17. The van der Waals surface area contributed by atoms with Crippen molar-refractivity contribution < 1.29 is 14.7 Å². The predicted octanol–water partition coefficient (Wildman–Crippen LogP) is 3.25. The number of aliphatic hydroxyl groups excluding tert-OH is 1. The van der Waals surface area contributed by atoms with Crippen LogP contribution in [0.1, 0.15) is 38.2 Å². The van der Waals surface area contributed by atoms with Crippen molar-refractivity contribution in [3.05, 3.63) is 78.2 Å². The van der Waals surface area contributed by atoms with E-state index in [9.17, 15) is 14.7 Å². The number of benzene rings is 2. The fourth-order valence-corrected chi connectivity index (χ4v) is 4.51. The lowest BCUT2D eigenvalue weighted by Gasteiger charge is -2.39. The number of imidazole rings is 1. The Balaban J connectivity index is 1.85. The number of hydrogen-bond acceptors (Lipinski definition) is 4. The van der Waals surface area contributed by atoms with Crippen LogP contribution in [0.25, 0.3) is 11.3 Å². The van der Waals surface area contributed by atoms with Crippen molar-refractivity contribution in [3.8, 4) is 11.3 Å². The average molecular weight is 461 g/mol. The van der Waals surface area contributed by atoms with Gasteiger partial charge in [-0.15, -0.1) is 0 Å². The molecule has 2 atom stereocenters. The van der Waals surface area contributed by atoms with Gasteiger partial charge in [-0.2, -0.15) is 0 Å². The number of rotatable bonds is 6. The first-order valence-electron chi connectivity index (χ1n) is 11.6. The lowest BCUT2D eigenvalue weighted by Crippen LogP contribution is -2.47. The zero-order valence-corrected chi connectivity index (χ0v) is 19.9. The first-order valence-corrected chi connectivity index (χ1v) is 11.6. The topological polar surface area (TPSA) is 87.5 Å². The molecule has 4 rings (SSSR count). The summed E-state index contributed by atoms with van der Waals surface area (Å²) in [6.07, 6.45) is 2.02. The first kappa shape index (κ1) is 23.7. The molecule has 7 nitrogen and oxygen atoms in total. The smallest absolute Gasteiger partial charge is 0.312 e. The number of carbonyl (C=O) groups excluding carboxylic acids is 2. The van der Waals surface area contributed by atoms with Crippen LogP contribution in [-0.4, -0.2) is 51.1 Å². The number of nitrogens with one attached hydrogen (secondary N) is 1. The zero-order chi connectivity index (χ0) is 24.3. The molecule has 1 unspecified atom stereocenters. The molecule has 0 bridgehead atoms. The third-order valence-electron chi connectivity index (χ3n) is 6.17. The fraction of sp³-hybridized carbons (Fsp3) is 0.370. The lowest BCUT2D eigenvalue weighted by molar-refractivity contribution is -0.148. The van der Waals surface area contributed by atoms with Crippen LogP contribution in [0.4, 0.5) is 0 Å². The summed E-state index contributed by atoms with van der Waals surface area (Å²) in [7, 11) is 0. The highest BCUT2D eigenvalue weighted by atomic mass is 16.3. The van der Waals surface area contributed by atoms with E-state index < -0.39 is 23.3 Å². The Bertz CT molecular complexity index is 1140. The SMILES string of the molecule is CC(C)(C)[C@H](c1nc(-c2ccccc2)cn1Cc1ccccc1)N1CC(CO)CNC(=O)C1=O. The third kappa shape index (κ3) is 5.04. The molecule has 1 saturated heterocycles. The molecule has 0 aliphatic carbocycles. The van der Waals surface area contributed by atoms with Crippen LogP contribution in [0.3, 0.4) is 0 Å². The molecule has 1 fully saturated rings. The Morgan fingerprint density at radius 1 is 1.06 bits per heavy atom. The summed E-state index contributed by atoms with van der Waals surface area (Å²) in [5.74, 6) is -0.762. The van der Waals surface area contributed by atoms with Crippen molar-refractivity contribution in [2.45, 2.75) is 33.4 Å². The van der Waals surface area contributed by atoms with Gasteiger partial charge in [0.2, 0.25) is 0 Å². The molecule has 0 radical (unpaired) electrons. The molecule has 3 aromatic rings. The maximum atomic E-state index is 13.2. The largest absolute Gasteiger partial charge is 0.396 e. The monoisotopic (exact) mass is 460 g/mol. The Morgan fingerprint density at radius 2 is 1.71 bits per heavy atom. The number of carbonyl (C=O) groups is 2. The molecule has 2 amide bonds. The minimum atomic E-state index is -0.644. The van der Waals surface area contributed by atoms with E-state index in [4.69, 9.17) is 4.98 Å². The first-order chi connectivity index (χ1) is 16.3. The van der Waals surface area contributed by atoms with Gasteiger partial charge in [0.05, 0.1) is 11.7 Å². The molecule has 1 aromatic heterocycles. The second kappa shape index (κ2) is 9.81. The summed E-state index contributed by atoms with van der Waals surface area (Å²) in [5, 5.41) is 12.5. The van der Waals surface area contributed by atoms with E-state index in [1.54, 1.807) is 4.90 Å². The maximum absolute atomic E-state index is 13.2. The highest BCUT2D eigenvalue weighted by molar-refractivity contribution is 6.35. The van der Waals surface area contributed by atoms with E-state index in [1.807, 2.05) is 75.5 Å². The van der Waals surface area contributed by atoms with E-state index in [0.29, 0.717) is 6.54 Å². The standard InChI is InChI=1S/C27H32N4O3/c1-27(2,3)23(31-16-20(18-32)14-28-25(33)26(31)34)24-29-22(21-12-8-5-9-13-21)17-30(24)15-19-10-6-4-7-11-19/h4-13,17,20,23,32H,14-16,18H2,1-3H3,(H,28,33)/t20?,23-/m0/s1. The van der Waals surface area contributed by atoms with E-state index in [0.717, 1.165) is 22.6 Å². The van der Waals surface area contributed by atoms with Crippen LogP contribution >= 0.6 is 0 Å². The van der Waals surface area contributed by atoms with Crippen LogP contribution in [0.5, 0.6) is 0 Å². The normalized spacial score (nSPS) is 17.9. The number of aromatic nitrogens is 2. The van der Waals surface area contributed by atoms with Gasteiger partial charge in [-0.05, 0) is 11.0 Å². The van der Waals surface area contributed by atoms with Gasteiger partial charge in [-0.3, -0.25) is 9.59 Å². The second-order valence-electron chi connectivity index (χ2n) is 9.95. The van der Waals surface area contributed by atoms with Crippen molar-refractivity contribution >= 4 is 11.8 Å². The second-order valence-corrected chi connectivity index (χ2v) is 9.95. The highest BCUT2D eigenvalue weighted by Gasteiger charge is 2.42. The van der Waals surface area contributed by atoms with Crippen LogP contribution in [0, 0.1) is 11.3 Å². The molecule has 2 aromatic carbocycles. The van der Waals surface area contributed by atoms with Gasteiger partial charge in [0.15, 0.2) is 0 Å². The van der Waals surface area contributed by atoms with Gasteiger partial charge in [-0.25, -0.2) is 4.98 Å². The van der Waals surface area contributed by atoms with Crippen LogP contribution in [0.15, 0.2) is 66.9 Å². The van der Waals surface area contributed by atoms with Gasteiger partial charge in [-0.1, -0.05) is 81.4 Å². The van der Waals surface area contributed by atoms with Gasteiger partial charge < -0.3 is 19.9 Å². The van der Waals surface area contributed by atoms with Crippen molar-refractivity contribution in [2.75, 3.05) is 19.7 Å². The molecule has 7 heteroatoms. The molecule has 2 heterocycles.